The number of fused-ring (bicyclic) bond motifs is 1. The van der Waals surface area contributed by atoms with Crippen LogP contribution >= 0.6 is 0 Å². The summed E-state index contributed by atoms with van der Waals surface area (Å²) in [6.45, 7) is 3.68. The Hall–Kier alpha value is -1.55. The average Bonchev–Trinajstić information content (AvgIpc) is 2.90. The second kappa shape index (κ2) is 6.48. The minimum Gasteiger partial charge on any atom is -0.479 e. The van der Waals surface area contributed by atoms with Crippen molar-refractivity contribution in [3.05, 3.63) is 29.3 Å². The van der Waals surface area contributed by atoms with Gasteiger partial charge in [0.05, 0.1) is 6.61 Å². The van der Waals surface area contributed by atoms with Gasteiger partial charge in [-0.3, -0.25) is 0 Å². The Bertz CT molecular complexity index is 515. The topological polar surface area (TPSA) is 47.6 Å². The Labute approximate surface area is 125 Å². The van der Waals surface area contributed by atoms with E-state index in [4.69, 9.17) is 9.47 Å². The van der Waals surface area contributed by atoms with Gasteiger partial charge in [-0.05, 0) is 55.5 Å². The fourth-order valence-electron chi connectivity index (χ4n) is 3.13. The van der Waals surface area contributed by atoms with Crippen molar-refractivity contribution in [1.29, 1.82) is 0 Å². The number of hydrogen-bond acceptors (Lipinski definition) is 4. The van der Waals surface area contributed by atoms with Crippen LogP contribution in [0.5, 0.6) is 5.75 Å². The van der Waals surface area contributed by atoms with Gasteiger partial charge in [-0.25, -0.2) is 4.79 Å². The molecule has 2 unspecified atom stereocenters. The van der Waals surface area contributed by atoms with Crippen molar-refractivity contribution in [2.75, 3.05) is 13.2 Å². The molecule has 2 aliphatic rings. The van der Waals surface area contributed by atoms with Crippen LogP contribution in [-0.2, 0) is 16.0 Å². The molecule has 1 aromatic rings. The largest absolute Gasteiger partial charge is 0.479 e. The van der Waals surface area contributed by atoms with Crippen molar-refractivity contribution < 1.29 is 14.3 Å². The van der Waals surface area contributed by atoms with Crippen LogP contribution in [0.4, 0.5) is 0 Å². The van der Waals surface area contributed by atoms with Gasteiger partial charge in [-0.15, -0.1) is 0 Å². The Morgan fingerprint density at radius 1 is 1.38 bits per heavy atom. The van der Waals surface area contributed by atoms with E-state index in [9.17, 15) is 4.79 Å². The fraction of sp³-hybridized carbons (Fsp3) is 0.588. The lowest BCUT2D eigenvalue weighted by molar-refractivity contribution is -0.143. The van der Waals surface area contributed by atoms with E-state index in [0.29, 0.717) is 19.1 Å². The molecule has 1 aromatic carbocycles. The lowest BCUT2D eigenvalue weighted by Crippen LogP contribution is -2.26. The number of nitrogens with one attached hydrogen (secondary N) is 1. The van der Waals surface area contributed by atoms with Crippen LogP contribution < -0.4 is 10.1 Å². The van der Waals surface area contributed by atoms with Crippen LogP contribution in [0.1, 0.15) is 49.8 Å². The third-order valence-corrected chi connectivity index (χ3v) is 4.24. The minimum atomic E-state index is -0.436. The van der Waals surface area contributed by atoms with Crippen LogP contribution in [0.3, 0.4) is 0 Å². The number of rotatable bonds is 5. The predicted molar refractivity (Wildman–Crippen MR) is 80.4 cm³/mol. The molecule has 4 heteroatoms. The van der Waals surface area contributed by atoms with Crippen molar-refractivity contribution in [3.8, 4) is 5.75 Å². The highest BCUT2D eigenvalue weighted by molar-refractivity contribution is 5.76. The van der Waals surface area contributed by atoms with E-state index in [1.165, 1.54) is 24.0 Å². The molecule has 1 aliphatic heterocycles. The Balaban J connectivity index is 1.76. The van der Waals surface area contributed by atoms with E-state index in [2.05, 4.69) is 24.4 Å². The first-order valence-electron chi connectivity index (χ1n) is 7.97. The molecule has 0 aromatic heterocycles. The summed E-state index contributed by atoms with van der Waals surface area (Å²) in [5.41, 5.74) is 2.73. The smallest absolute Gasteiger partial charge is 0.347 e. The standard InChI is InChI=1S/C17H23NO3/c1-2-9-18-15-5-3-4-12-6-7-13(11-14(12)15)21-16-8-10-20-17(16)19/h6-7,11,15-16,18H,2-5,8-10H2,1H3. The molecular weight excluding hydrogens is 266 g/mol. The summed E-state index contributed by atoms with van der Waals surface area (Å²) in [5.74, 6) is 0.538. The number of carbonyl (C=O) groups excluding carboxylic acids is 1. The van der Waals surface area contributed by atoms with Crippen LogP contribution in [0.25, 0.3) is 0 Å². The number of ether oxygens (including phenoxy) is 2. The second-order valence-electron chi connectivity index (χ2n) is 5.82. The summed E-state index contributed by atoms with van der Waals surface area (Å²) in [6.07, 6.45) is 4.87. The predicted octanol–water partition coefficient (Wildman–Crippen LogP) is 2.76. The molecule has 1 fully saturated rings. The summed E-state index contributed by atoms with van der Waals surface area (Å²) in [7, 11) is 0. The third kappa shape index (κ3) is 3.21. The normalized spacial score (nSPS) is 24.5. The zero-order chi connectivity index (χ0) is 14.7. The summed E-state index contributed by atoms with van der Waals surface area (Å²) in [4.78, 5) is 11.5. The van der Waals surface area contributed by atoms with E-state index >= 15 is 0 Å². The highest BCUT2D eigenvalue weighted by atomic mass is 16.6. The van der Waals surface area contributed by atoms with Gasteiger partial charge in [0.25, 0.3) is 0 Å². The Morgan fingerprint density at radius 2 is 2.29 bits per heavy atom. The van der Waals surface area contributed by atoms with Crippen LogP contribution in [0.15, 0.2) is 18.2 Å². The van der Waals surface area contributed by atoms with Gasteiger partial charge < -0.3 is 14.8 Å². The Kier molecular flexibility index (Phi) is 4.44. The summed E-state index contributed by atoms with van der Waals surface area (Å²) < 4.78 is 10.8. The zero-order valence-electron chi connectivity index (χ0n) is 12.6. The van der Waals surface area contributed by atoms with Gasteiger partial charge in [-0.1, -0.05) is 13.0 Å². The van der Waals surface area contributed by atoms with E-state index in [0.717, 1.165) is 25.1 Å². The SMILES string of the molecule is CCCNC1CCCc2ccc(OC3CCOC3=O)cc21. The number of cyclic esters (lactones) is 1. The first-order valence-corrected chi connectivity index (χ1v) is 7.97. The fourth-order valence-corrected chi connectivity index (χ4v) is 3.13. The maximum Gasteiger partial charge on any atom is 0.347 e. The van der Waals surface area contributed by atoms with E-state index in [1.54, 1.807) is 0 Å². The van der Waals surface area contributed by atoms with Gasteiger partial charge in [0.1, 0.15) is 5.75 Å². The van der Waals surface area contributed by atoms with Crippen molar-refractivity contribution >= 4 is 5.97 Å². The number of aryl methyl sites for hydroxylation is 1. The Morgan fingerprint density at radius 3 is 3.05 bits per heavy atom. The maximum atomic E-state index is 11.5. The molecule has 2 atom stereocenters. The maximum absolute atomic E-state index is 11.5. The third-order valence-electron chi connectivity index (χ3n) is 4.24. The van der Waals surface area contributed by atoms with Crippen LogP contribution in [0, 0.1) is 0 Å². The number of carbonyl (C=O) groups is 1. The van der Waals surface area contributed by atoms with Crippen molar-refractivity contribution in [1.82, 2.24) is 5.32 Å². The molecule has 21 heavy (non-hydrogen) atoms. The van der Waals surface area contributed by atoms with Crippen molar-refractivity contribution in [3.63, 3.8) is 0 Å². The molecule has 0 amide bonds. The first kappa shape index (κ1) is 14.4. The zero-order valence-corrected chi connectivity index (χ0v) is 12.6. The molecule has 0 saturated carbocycles. The average molecular weight is 289 g/mol. The molecule has 4 nitrogen and oxygen atoms in total. The molecule has 0 bridgehead atoms. The van der Waals surface area contributed by atoms with Gasteiger partial charge in [0.2, 0.25) is 0 Å². The summed E-state index contributed by atoms with van der Waals surface area (Å²) >= 11 is 0. The minimum absolute atomic E-state index is 0.242. The van der Waals surface area contributed by atoms with Gasteiger partial charge in [-0.2, -0.15) is 0 Å². The molecule has 0 spiro atoms. The molecule has 1 aliphatic carbocycles. The number of esters is 1. The van der Waals surface area contributed by atoms with Gasteiger partial charge >= 0.3 is 5.97 Å². The van der Waals surface area contributed by atoms with Crippen LogP contribution in [0.2, 0.25) is 0 Å². The molecule has 3 rings (SSSR count). The highest BCUT2D eigenvalue weighted by Crippen LogP contribution is 2.33. The lowest BCUT2D eigenvalue weighted by Gasteiger charge is -2.27. The molecule has 1 saturated heterocycles. The van der Waals surface area contributed by atoms with Crippen molar-refractivity contribution in [2.24, 2.45) is 0 Å². The van der Waals surface area contributed by atoms with Crippen molar-refractivity contribution in [2.45, 2.75) is 51.2 Å². The first-order chi connectivity index (χ1) is 10.3. The summed E-state index contributed by atoms with van der Waals surface area (Å²) in [6, 6.07) is 6.64. The van der Waals surface area contributed by atoms with E-state index in [1.807, 2.05) is 6.07 Å². The summed E-state index contributed by atoms with van der Waals surface area (Å²) in [5, 5.41) is 3.61. The molecule has 1 N–H and O–H groups in total. The molecule has 1 heterocycles. The lowest BCUT2D eigenvalue weighted by atomic mass is 9.87. The number of benzene rings is 1. The molecule has 114 valence electrons. The van der Waals surface area contributed by atoms with Gasteiger partial charge in [0.15, 0.2) is 6.10 Å². The highest BCUT2D eigenvalue weighted by Gasteiger charge is 2.29. The second-order valence-corrected chi connectivity index (χ2v) is 5.82. The van der Waals surface area contributed by atoms with Gasteiger partial charge in [0, 0.05) is 12.5 Å². The van der Waals surface area contributed by atoms with E-state index < -0.39 is 6.10 Å². The number of hydrogen-bond donors (Lipinski definition) is 1. The van der Waals surface area contributed by atoms with Crippen LogP contribution in [-0.4, -0.2) is 25.2 Å². The van der Waals surface area contributed by atoms with E-state index in [-0.39, 0.29) is 5.97 Å². The molecule has 0 radical (unpaired) electrons. The molecular formula is C17H23NO3. The monoisotopic (exact) mass is 289 g/mol. The quantitative estimate of drug-likeness (QED) is 0.847.